The average molecular weight is 531 g/mol. The summed E-state index contributed by atoms with van der Waals surface area (Å²) in [5, 5.41) is 34.1. The highest BCUT2D eigenvalue weighted by Gasteiger charge is 2.44. The van der Waals surface area contributed by atoms with Crippen LogP contribution in [0.3, 0.4) is 0 Å². The molecule has 184 valence electrons. The number of hydrogen-bond acceptors (Lipinski definition) is 7. The van der Waals surface area contributed by atoms with E-state index in [9.17, 15) is 28.5 Å². The number of nitrogens with one attached hydrogen (secondary N) is 2. The molecule has 0 saturated carbocycles. The van der Waals surface area contributed by atoms with Gasteiger partial charge in [-0.3, -0.25) is 4.79 Å². The Bertz CT molecular complexity index is 1160. The van der Waals surface area contributed by atoms with Crippen molar-refractivity contribution in [3.8, 4) is 0 Å². The predicted molar refractivity (Wildman–Crippen MR) is 127 cm³/mol. The van der Waals surface area contributed by atoms with Gasteiger partial charge in [0.15, 0.2) is 6.29 Å². The molecule has 1 heterocycles. The van der Waals surface area contributed by atoms with Crippen molar-refractivity contribution in [3.05, 3.63) is 69.7 Å². The third-order valence-electron chi connectivity index (χ3n) is 5.21. The van der Waals surface area contributed by atoms with Gasteiger partial charge >= 0.3 is 0 Å². The Balaban J connectivity index is 1.59. The number of carbonyl (C=O) groups is 1. The Hall–Kier alpha value is -2.02. The summed E-state index contributed by atoms with van der Waals surface area (Å²) in [5.74, 6) is -0.677. The van der Waals surface area contributed by atoms with Crippen LogP contribution in [0.1, 0.15) is 11.1 Å². The van der Waals surface area contributed by atoms with Gasteiger partial charge in [0.05, 0.1) is 14.9 Å². The maximum atomic E-state index is 12.4. The molecule has 1 saturated heterocycles. The van der Waals surface area contributed by atoms with Crippen LogP contribution >= 0.6 is 23.2 Å². The van der Waals surface area contributed by atoms with Crippen LogP contribution < -0.4 is 10.0 Å². The van der Waals surface area contributed by atoms with E-state index in [1.807, 2.05) is 6.92 Å². The van der Waals surface area contributed by atoms with E-state index in [1.54, 1.807) is 30.3 Å². The molecule has 0 radical (unpaired) electrons. The van der Waals surface area contributed by atoms with Gasteiger partial charge in [-0.05, 0) is 42.8 Å². The highest BCUT2D eigenvalue weighted by molar-refractivity contribution is 7.89. The highest BCUT2D eigenvalue weighted by Crippen LogP contribution is 2.23. The Morgan fingerprint density at radius 2 is 1.74 bits per heavy atom. The quantitative estimate of drug-likeness (QED) is 0.338. The van der Waals surface area contributed by atoms with Crippen molar-refractivity contribution in [2.24, 2.45) is 0 Å². The lowest BCUT2D eigenvalue weighted by molar-refractivity contribution is -0.244. The Morgan fingerprint density at radius 3 is 2.38 bits per heavy atom. The zero-order chi connectivity index (χ0) is 25.0. The van der Waals surface area contributed by atoms with Crippen molar-refractivity contribution in [1.82, 2.24) is 10.0 Å². The lowest BCUT2D eigenvalue weighted by Crippen LogP contribution is -2.64. The number of sulfonamides is 1. The Labute approximate surface area is 207 Å². The van der Waals surface area contributed by atoms with Crippen LogP contribution in [0, 0.1) is 6.92 Å². The van der Waals surface area contributed by atoms with E-state index in [1.165, 1.54) is 18.2 Å². The minimum absolute atomic E-state index is 0.0170. The van der Waals surface area contributed by atoms with Crippen molar-refractivity contribution >= 4 is 45.2 Å². The van der Waals surface area contributed by atoms with Crippen molar-refractivity contribution < 1.29 is 33.3 Å². The standard InChI is InChI=1S/C22H24Cl2N2O7S/c1-12-2-6-14(7-3-12)34(31,32)25-11-17-20(28)21(29)19(22(30)33-17)26-18(27)9-5-13-4-8-15(23)16(24)10-13/h2-10,17,19-22,25,28-30H,11H2,1H3,(H,26,27)/t17-,19-,20-,21-,22?/m1/s1. The van der Waals surface area contributed by atoms with Crippen LogP contribution in [0.15, 0.2) is 53.4 Å². The molecular weight excluding hydrogens is 507 g/mol. The second-order valence-corrected chi connectivity index (χ2v) is 10.3. The number of benzene rings is 2. The number of aliphatic hydroxyl groups excluding tert-OH is 3. The van der Waals surface area contributed by atoms with E-state index in [-0.39, 0.29) is 4.90 Å². The zero-order valence-corrected chi connectivity index (χ0v) is 20.3. The molecule has 2 aromatic rings. The third-order valence-corrected chi connectivity index (χ3v) is 7.38. The van der Waals surface area contributed by atoms with E-state index < -0.39 is 53.1 Å². The predicted octanol–water partition coefficient (Wildman–Crippen LogP) is 1.22. The van der Waals surface area contributed by atoms with Gasteiger partial charge in [-0.2, -0.15) is 0 Å². The van der Waals surface area contributed by atoms with Gasteiger partial charge in [0, 0.05) is 12.6 Å². The van der Waals surface area contributed by atoms with Gasteiger partial charge < -0.3 is 25.4 Å². The molecule has 0 aromatic heterocycles. The van der Waals surface area contributed by atoms with Crippen LogP contribution in [0.25, 0.3) is 6.08 Å². The lowest BCUT2D eigenvalue weighted by atomic mass is 9.96. The number of amides is 1. The van der Waals surface area contributed by atoms with Gasteiger partial charge in [-0.15, -0.1) is 0 Å². The lowest BCUT2D eigenvalue weighted by Gasteiger charge is -2.40. The van der Waals surface area contributed by atoms with Crippen molar-refractivity contribution in [3.63, 3.8) is 0 Å². The normalized spacial score (nSPS) is 25.4. The molecule has 1 amide bonds. The first kappa shape index (κ1) is 26.6. The van der Waals surface area contributed by atoms with E-state index in [0.29, 0.717) is 15.6 Å². The number of aryl methyl sites for hydroxylation is 1. The van der Waals surface area contributed by atoms with Crippen molar-refractivity contribution in [1.29, 1.82) is 0 Å². The SMILES string of the molecule is Cc1ccc(S(=O)(=O)NC[C@H]2OC(O)[C@H](NC(=O)C=Cc3ccc(Cl)c(Cl)c3)[C@@H](O)[C@@H]2O)cc1. The largest absolute Gasteiger partial charge is 0.388 e. The van der Waals surface area contributed by atoms with Crippen LogP contribution in [0.5, 0.6) is 0 Å². The van der Waals surface area contributed by atoms with Gasteiger partial charge in [0.2, 0.25) is 15.9 Å². The maximum Gasteiger partial charge on any atom is 0.244 e. The molecule has 2 aromatic carbocycles. The van der Waals surface area contributed by atoms with E-state index in [0.717, 1.165) is 11.6 Å². The Morgan fingerprint density at radius 1 is 1.06 bits per heavy atom. The monoisotopic (exact) mass is 530 g/mol. The summed E-state index contributed by atoms with van der Waals surface area (Å²) in [7, 11) is -3.91. The maximum absolute atomic E-state index is 12.4. The molecule has 1 aliphatic rings. The molecule has 0 aliphatic carbocycles. The fraction of sp³-hybridized carbons (Fsp3) is 0.318. The molecule has 1 aliphatic heterocycles. The van der Waals surface area contributed by atoms with Crippen molar-refractivity contribution in [2.45, 2.75) is 42.5 Å². The molecule has 12 heteroatoms. The van der Waals surface area contributed by atoms with Crippen molar-refractivity contribution in [2.75, 3.05) is 6.54 Å². The summed E-state index contributed by atoms with van der Waals surface area (Å²) in [6, 6.07) is 9.52. The number of hydrogen-bond donors (Lipinski definition) is 5. The Kier molecular flexibility index (Phi) is 8.72. The second kappa shape index (κ2) is 11.1. The molecule has 3 rings (SSSR count). The summed E-state index contributed by atoms with van der Waals surface area (Å²) in [5.41, 5.74) is 1.47. The fourth-order valence-electron chi connectivity index (χ4n) is 3.26. The summed E-state index contributed by atoms with van der Waals surface area (Å²) in [6.45, 7) is 1.40. The van der Waals surface area contributed by atoms with Gasteiger partial charge in [0.1, 0.15) is 24.4 Å². The molecule has 1 unspecified atom stereocenters. The fourth-order valence-corrected chi connectivity index (χ4v) is 4.61. The summed E-state index contributed by atoms with van der Waals surface area (Å²) >= 11 is 11.8. The first-order valence-electron chi connectivity index (χ1n) is 10.2. The van der Waals surface area contributed by atoms with E-state index >= 15 is 0 Å². The van der Waals surface area contributed by atoms with Gasteiger partial charge in [-0.1, -0.05) is 47.0 Å². The van der Waals surface area contributed by atoms with Crippen LogP contribution in [0.2, 0.25) is 10.0 Å². The summed E-state index contributed by atoms with van der Waals surface area (Å²) in [6.07, 6.45) is -3.58. The summed E-state index contributed by atoms with van der Waals surface area (Å²) in [4.78, 5) is 12.3. The third kappa shape index (κ3) is 6.55. The van der Waals surface area contributed by atoms with Crippen LogP contribution in [-0.4, -0.2) is 66.8 Å². The van der Waals surface area contributed by atoms with E-state index in [2.05, 4.69) is 10.0 Å². The smallest absolute Gasteiger partial charge is 0.244 e. The average Bonchev–Trinajstić information content (AvgIpc) is 2.79. The van der Waals surface area contributed by atoms with Crippen LogP contribution in [0.4, 0.5) is 0 Å². The first-order valence-corrected chi connectivity index (χ1v) is 12.4. The summed E-state index contributed by atoms with van der Waals surface area (Å²) < 4.78 is 32.4. The first-order chi connectivity index (χ1) is 16.0. The number of rotatable bonds is 7. The molecule has 5 atom stereocenters. The highest BCUT2D eigenvalue weighted by atomic mass is 35.5. The molecule has 5 N–H and O–H groups in total. The van der Waals surface area contributed by atoms with E-state index in [4.69, 9.17) is 27.9 Å². The molecule has 1 fully saturated rings. The molecular formula is C22H24Cl2N2O7S. The number of halogens is 2. The zero-order valence-electron chi connectivity index (χ0n) is 17.9. The topological polar surface area (TPSA) is 145 Å². The number of carbonyl (C=O) groups excluding carboxylic acids is 1. The molecule has 34 heavy (non-hydrogen) atoms. The molecule has 0 spiro atoms. The molecule has 9 nitrogen and oxygen atoms in total. The van der Waals surface area contributed by atoms with Gasteiger partial charge in [-0.25, -0.2) is 13.1 Å². The molecule has 0 bridgehead atoms. The minimum Gasteiger partial charge on any atom is -0.388 e. The number of aliphatic hydroxyl groups is 3. The minimum atomic E-state index is -3.91. The number of ether oxygens (including phenoxy) is 1. The second-order valence-electron chi connectivity index (χ2n) is 7.75. The van der Waals surface area contributed by atoms with Gasteiger partial charge in [0.25, 0.3) is 0 Å². The van der Waals surface area contributed by atoms with Crippen LogP contribution in [-0.2, 0) is 19.6 Å².